The Hall–Kier alpha value is -1.75. The minimum absolute atomic E-state index is 0.00265. The van der Waals surface area contributed by atoms with Crippen LogP contribution in [0.15, 0.2) is 45.5 Å². The number of furan rings is 1. The van der Waals surface area contributed by atoms with Crippen LogP contribution in [0.25, 0.3) is 0 Å². The fourth-order valence-corrected chi connectivity index (χ4v) is 2.39. The first kappa shape index (κ1) is 14.7. The molecule has 2 aromatic rings. The molecule has 0 saturated carbocycles. The van der Waals surface area contributed by atoms with E-state index in [4.69, 9.17) is 4.42 Å². The predicted molar refractivity (Wildman–Crippen MR) is 82.5 cm³/mol. The van der Waals surface area contributed by atoms with E-state index in [-0.39, 0.29) is 5.91 Å². The quantitative estimate of drug-likeness (QED) is 0.849. The van der Waals surface area contributed by atoms with Crippen LogP contribution in [0.4, 0.5) is 5.69 Å². The van der Waals surface area contributed by atoms with Gasteiger partial charge in [0.2, 0.25) is 5.91 Å². The molecular formula is C15H17BrN2O2. The summed E-state index contributed by atoms with van der Waals surface area (Å²) in [6, 6.07) is 9.71. The maximum absolute atomic E-state index is 11.7. The first-order valence-corrected chi connectivity index (χ1v) is 7.23. The summed E-state index contributed by atoms with van der Waals surface area (Å²) in [5, 5.41) is 6.04. The van der Waals surface area contributed by atoms with E-state index in [0.29, 0.717) is 19.5 Å². The smallest absolute Gasteiger partial charge is 0.222 e. The summed E-state index contributed by atoms with van der Waals surface area (Å²) in [7, 11) is 0. The molecule has 0 fully saturated rings. The number of anilines is 1. The normalized spacial score (nSPS) is 10.3. The lowest BCUT2D eigenvalue weighted by atomic mass is 10.2. The number of benzene rings is 1. The Labute approximate surface area is 126 Å². The lowest BCUT2D eigenvalue weighted by Crippen LogP contribution is -2.24. The molecular weight excluding hydrogens is 320 g/mol. The number of carbonyl (C=O) groups excluding carboxylic acids is 1. The third-order valence-electron chi connectivity index (χ3n) is 2.83. The summed E-state index contributed by atoms with van der Waals surface area (Å²) in [6.45, 7) is 3.06. The van der Waals surface area contributed by atoms with Crippen molar-refractivity contribution in [1.29, 1.82) is 0 Å². The average Bonchev–Trinajstić information content (AvgIpc) is 2.92. The molecule has 0 saturated heterocycles. The zero-order valence-corrected chi connectivity index (χ0v) is 12.9. The minimum atomic E-state index is -0.00265. The van der Waals surface area contributed by atoms with Crippen LogP contribution in [0.3, 0.4) is 0 Å². The van der Waals surface area contributed by atoms with Gasteiger partial charge < -0.3 is 15.1 Å². The second-order valence-corrected chi connectivity index (χ2v) is 5.37. The number of halogens is 1. The summed E-state index contributed by atoms with van der Waals surface area (Å²) in [6.07, 6.45) is 2.01. The Morgan fingerprint density at radius 2 is 2.20 bits per heavy atom. The Bertz CT molecular complexity index is 567. The van der Waals surface area contributed by atoms with Gasteiger partial charge in [-0.05, 0) is 52.7 Å². The third kappa shape index (κ3) is 4.42. The van der Waals surface area contributed by atoms with Gasteiger partial charge in [0.05, 0.1) is 12.8 Å². The molecule has 0 atom stereocenters. The van der Waals surface area contributed by atoms with Crippen molar-refractivity contribution in [1.82, 2.24) is 5.32 Å². The molecule has 2 rings (SSSR count). The highest BCUT2D eigenvalue weighted by molar-refractivity contribution is 9.10. The second-order valence-electron chi connectivity index (χ2n) is 4.52. The van der Waals surface area contributed by atoms with Gasteiger partial charge in [0, 0.05) is 23.1 Å². The summed E-state index contributed by atoms with van der Waals surface area (Å²) >= 11 is 3.50. The lowest BCUT2D eigenvalue weighted by molar-refractivity contribution is -0.121. The number of nitrogens with one attached hydrogen (secondary N) is 2. The van der Waals surface area contributed by atoms with Gasteiger partial charge in [-0.25, -0.2) is 0 Å². The van der Waals surface area contributed by atoms with E-state index in [0.717, 1.165) is 15.9 Å². The summed E-state index contributed by atoms with van der Waals surface area (Å²) in [4.78, 5) is 11.7. The van der Waals surface area contributed by atoms with Crippen molar-refractivity contribution in [2.45, 2.75) is 19.9 Å². The maximum atomic E-state index is 11.7. The molecule has 5 heteroatoms. The zero-order chi connectivity index (χ0) is 14.4. The second kappa shape index (κ2) is 7.14. The van der Waals surface area contributed by atoms with Crippen molar-refractivity contribution in [2.24, 2.45) is 0 Å². The van der Waals surface area contributed by atoms with Gasteiger partial charge in [-0.1, -0.05) is 6.07 Å². The molecule has 1 aromatic carbocycles. The van der Waals surface area contributed by atoms with Crippen LogP contribution in [-0.4, -0.2) is 12.5 Å². The zero-order valence-electron chi connectivity index (χ0n) is 11.3. The Morgan fingerprint density at radius 3 is 2.90 bits per heavy atom. The van der Waals surface area contributed by atoms with E-state index in [9.17, 15) is 4.79 Å². The highest BCUT2D eigenvalue weighted by Crippen LogP contribution is 2.23. The summed E-state index contributed by atoms with van der Waals surface area (Å²) in [5.41, 5.74) is 2.19. The standard InChI is InChI=1S/C15H17BrN2O2/c1-11-4-5-14(13(16)9-11)17-7-6-15(19)18-10-12-3-2-8-20-12/h2-5,8-9,17H,6-7,10H2,1H3,(H,18,19). The van der Waals surface area contributed by atoms with Crippen LogP contribution in [0.2, 0.25) is 0 Å². The maximum Gasteiger partial charge on any atom is 0.222 e. The van der Waals surface area contributed by atoms with Gasteiger partial charge in [0.1, 0.15) is 5.76 Å². The molecule has 20 heavy (non-hydrogen) atoms. The molecule has 0 spiro atoms. The molecule has 0 aliphatic rings. The van der Waals surface area contributed by atoms with E-state index in [1.807, 2.05) is 31.2 Å². The fourth-order valence-electron chi connectivity index (χ4n) is 1.76. The molecule has 0 aliphatic carbocycles. The molecule has 0 unspecified atom stereocenters. The van der Waals surface area contributed by atoms with E-state index in [1.165, 1.54) is 5.56 Å². The Balaban J connectivity index is 1.71. The van der Waals surface area contributed by atoms with Gasteiger partial charge in [-0.3, -0.25) is 4.79 Å². The van der Waals surface area contributed by atoms with Crippen molar-refractivity contribution in [3.8, 4) is 0 Å². The minimum Gasteiger partial charge on any atom is -0.467 e. The molecule has 1 amide bonds. The molecule has 1 aromatic heterocycles. The van der Waals surface area contributed by atoms with E-state index >= 15 is 0 Å². The number of aryl methyl sites for hydroxylation is 1. The molecule has 4 nitrogen and oxygen atoms in total. The van der Waals surface area contributed by atoms with Crippen LogP contribution >= 0.6 is 15.9 Å². The summed E-state index contributed by atoms with van der Waals surface area (Å²) in [5.74, 6) is 0.754. The predicted octanol–water partition coefficient (Wildman–Crippen LogP) is 3.47. The van der Waals surface area contributed by atoms with Gasteiger partial charge in [-0.2, -0.15) is 0 Å². The topological polar surface area (TPSA) is 54.3 Å². The van der Waals surface area contributed by atoms with Crippen molar-refractivity contribution < 1.29 is 9.21 Å². The molecule has 106 valence electrons. The molecule has 0 aliphatic heterocycles. The van der Waals surface area contributed by atoms with E-state index in [2.05, 4.69) is 26.6 Å². The third-order valence-corrected chi connectivity index (χ3v) is 3.49. The van der Waals surface area contributed by atoms with Gasteiger partial charge >= 0.3 is 0 Å². The number of hydrogen-bond acceptors (Lipinski definition) is 3. The number of amides is 1. The van der Waals surface area contributed by atoms with Crippen LogP contribution in [-0.2, 0) is 11.3 Å². The number of rotatable bonds is 6. The molecule has 1 heterocycles. The molecule has 0 bridgehead atoms. The molecule has 0 radical (unpaired) electrons. The highest BCUT2D eigenvalue weighted by atomic mass is 79.9. The van der Waals surface area contributed by atoms with Crippen molar-refractivity contribution in [3.05, 3.63) is 52.4 Å². The fraction of sp³-hybridized carbons (Fsp3) is 0.267. The first-order valence-electron chi connectivity index (χ1n) is 6.44. The molecule has 2 N–H and O–H groups in total. The van der Waals surface area contributed by atoms with Gasteiger partial charge in [-0.15, -0.1) is 0 Å². The monoisotopic (exact) mass is 336 g/mol. The number of carbonyl (C=O) groups is 1. The van der Waals surface area contributed by atoms with Crippen molar-refractivity contribution in [2.75, 3.05) is 11.9 Å². The van der Waals surface area contributed by atoms with Crippen LogP contribution < -0.4 is 10.6 Å². The van der Waals surface area contributed by atoms with Crippen LogP contribution in [0.1, 0.15) is 17.7 Å². The average molecular weight is 337 g/mol. The van der Waals surface area contributed by atoms with Crippen molar-refractivity contribution in [3.63, 3.8) is 0 Å². The summed E-state index contributed by atoms with van der Waals surface area (Å²) < 4.78 is 6.16. The van der Waals surface area contributed by atoms with Crippen LogP contribution in [0.5, 0.6) is 0 Å². The van der Waals surface area contributed by atoms with Crippen LogP contribution in [0, 0.1) is 6.92 Å². The highest BCUT2D eigenvalue weighted by Gasteiger charge is 2.04. The van der Waals surface area contributed by atoms with Gasteiger partial charge in [0.15, 0.2) is 0 Å². The van der Waals surface area contributed by atoms with Crippen molar-refractivity contribution >= 4 is 27.5 Å². The Morgan fingerprint density at radius 1 is 1.35 bits per heavy atom. The largest absolute Gasteiger partial charge is 0.467 e. The van der Waals surface area contributed by atoms with E-state index in [1.54, 1.807) is 12.3 Å². The number of hydrogen-bond donors (Lipinski definition) is 2. The Kier molecular flexibility index (Phi) is 5.24. The van der Waals surface area contributed by atoms with Gasteiger partial charge in [0.25, 0.3) is 0 Å². The lowest BCUT2D eigenvalue weighted by Gasteiger charge is -2.09. The van der Waals surface area contributed by atoms with E-state index < -0.39 is 0 Å². The first-order chi connectivity index (χ1) is 9.65. The SMILES string of the molecule is Cc1ccc(NCCC(=O)NCc2ccco2)c(Br)c1.